The molecule has 2 rings (SSSR count). The van der Waals surface area contributed by atoms with Gasteiger partial charge >= 0.3 is 0 Å². The molecule has 0 aliphatic heterocycles. The molecular formula is C14H16Cl3N3. The van der Waals surface area contributed by atoms with Crippen LogP contribution in [0.15, 0.2) is 18.3 Å². The Morgan fingerprint density at radius 2 is 1.80 bits per heavy atom. The van der Waals surface area contributed by atoms with Crippen molar-refractivity contribution < 1.29 is 0 Å². The average Bonchev–Trinajstić information content (AvgIpc) is 2.72. The van der Waals surface area contributed by atoms with Crippen LogP contribution in [-0.2, 0) is 0 Å². The summed E-state index contributed by atoms with van der Waals surface area (Å²) in [4.78, 5) is 4.47. The van der Waals surface area contributed by atoms with Crippen molar-refractivity contribution in [2.45, 2.75) is 20.8 Å². The van der Waals surface area contributed by atoms with Crippen LogP contribution < -0.4 is 5.32 Å². The van der Waals surface area contributed by atoms with Gasteiger partial charge in [-0.1, -0.05) is 48.7 Å². The van der Waals surface area contributed by atoms with E-state index in [9.17, 15) is 0 Å². The zero-order chi connectivity index (χ0) is 14.9. The number of hydrogen-bond acceptors (Lipinski definition) is 2. The van der Waals surface area contributed by atoms with Gasteiger partial charge in [0.2, 0.25) is 5.95 Å². The molecule has 6 heteroatoms. The molecule has 0 saturated heterocycles. The fraction of sp³-hybridized carbons (Fsp3) is 0.357. The third-order valence-electron chi connectivity index (χ3n) is 2.74. The second-order valence-corrected chi connectivity index (χ2v) is 6.29. The molecule has 0 unspecified atom stereocenters. The fourth-order valence-corrected chi connectivity index (χ4v) is 2.43. The lowest BCUT2D eigenvalue weighted by atomic mass is 10.2. The summed E-state index contributed by atoms with van der Waals surface area (Å²) in [5.74, 6) is 1.27. The minimum Gasteiger partial charge on any atom is -0.355 e. The number of nitrogens with one attached hydrogen (secondary N) is 1. The van der Waals surface area contributed by atoms with E-state index >= 15 is 0 Å². The van der Waals surface area contributed by atoms with Crippen molar-refractivity contribution in [3.8, 4) is 5.69 Å². The first-order valence-corrected chi connectivity index (χ1v) is 7.46. The molecule has 0 radical (unpaired) electrons. The second kappa shape index (κ2) is 6.25. The number of halogens is 3. The Balaban J connectivity index is 2.44. The lowest BCUT2D eigenvalue weighted by molar-refractivity contribution is 0.683. The Kier molecular flexibility index (Phi) is 4.84. The number of benzene rings is 1. The number of rotatable bonds is 4. The predicted octanol–water partition coefficient (Wildman–Crippen LogP) is 5.21. The standard InChI is InChI=1S/C14H16Cl3N3/c1-8(2)6-18-14-19-9(3)7-20(14)13-5-11(16)10(15)4-12(13)17/h4-5,7-8H,6H2,1-3H3,(H,18,19). The molecule has 0 fully saturated rings. The summed E-state index contributed by atoms with van der Waals surface area (Å²) >= 11 is 18.3. The third-order valence-corrected chi connectivity index (χ3v) is 3.77. The normalized spacial score (nSPS) is 11.2. The van der Waals surface area contributed by atoms with Crippen LogP contribution in [0.25, 0.3) is 5.69 Å². The van der Waals surface area contributed by atoms with Gasteiger partial charge < -0.3 is 5.32 Å². The van der Waals surface area contributed by atoms with E-state index in [1.54, 1.807) is 12.1 Å². The molecule has 0 aliphatic carbocycles. The smallest absolute Gasteiger partial charge is 0.207 e. The lowest BCUT2D eigenvalue weighted by Gasteiger charge is -2.13. The molecule has 1 N–H and O–H groups in total. The minimum absolute atomic E-state index is 0.439. The van der Waals surface area contributed by atoms with Crippen LogP contribution in [-0.4, -0.2) is 16.1 Å². The number of imidazole rings is 1. The van der Waals surface area contributed by atoms with Gasteiger partial charge in [-0.05, 0) is 25.0 Å². The fourth-order valence-electron chi connectivity index (χ4n) is 1.80. The van der Waals surface area contributed by atoms with Gasteiger partial charge in [0.25, 0.3) is 0 Å². The molecule has 1 heterocycles. The van der Waals surface area contributed by atoms with E-state index in [-0.39, 0.29) is 0 Å². The van der Waals surface area contributed by atoms with E-state index in [4.69, 9.17) is 34.8 Å². The second-order valence-electron chi connectivity index (χ2n) is 5.07. The van der Waals surface area contributed by atoms with Crippen LogP contribution in [0.1, 0.15) is 19.5 Å². The highest BCUT2D eigenvalue weighted by molar-refractivity contribution is 6.43. The Labute approximate surface area is 133 Å². The number of anilines is 1. The first-order valence-electron chi connectivity index (χ1n) is 6.33. The van der Waals surface area contributed by atoms with Crippen LogP contribution in [0.5, 0.6) is 0 Å². The van der Waals surface area contributed by atoms with E-state index in [2.05, 4.69) is 24.1 Å². The van der Waals surface area contributed by atoms with E-state index in [0.717, 1.165) is 23.9 Å². The van der Waals surface area contributed by atoms with Gasteiger partial charge in [0.1, 0.15) is 0 Å². The van der Waals surface area contributed by atoms with Crippen molar-refractivity contribution in [3.63, 3.8) is 0 Å². The molecule has 1 aromatic carbocycles. The van der Waals surface area contributed by atoms with Crippen molar-refractivity contribution in [1.82, 2.24) is 9.55 Å². The van der Waals surface area contributed by atoms with Gasteiger partial charge in [-0.15, -0.1) is 0 Å². The first kappa shape index (κ1) is 15.5. The topological polar surface area (TPSA) is 29.9 Å². The number of aromatic nitrogens is 2. The molecule has 108 valence electrons. The molecule has 0 bridgehead atoms. The molecule has 20 heavy (non-hydrogen) atoms. The molecule has 1 aromatic heterocycles. The minimum atomic E-state index is 0.439. The maximum absolute atomic E-state index is 6.26. The van der Waals surface area contributed by atoms with E-state index in [1.165, 1.54) is 0 Å². The van der Waals surface area contributed by atoms with Crippen molar-refractivity contribution in [1.29, 1.82) is 0 Å². The maximum Gasteiger partial charge on any atom is 0.207 e. The predicted molar refractivity (Wildman–Crippen MR) is 86.7 cm³/mol. The third kappa shape index (κ3) is 3.40. The summed E-state index contributed by atoms with van der Waals surface area (Å²) in [5, 5.41) is 4.75. The zero-order valence-electron chi connectivity index (χ0n) is 11.5. The summed E-state index contributed by atoms with van der Waals surface area (Å²) in [6.07, 6.45) is 1.91. The quantitative estimate of drug-likeness (QED) is 0.779. The molecule has 0 spiro atoms. The lowest BCUT2D eigenvalue weighted by Crippen LogP contribution is -2.12. The van der Waals surface area contributed by atoms with Crippen molar-refractivity contribution >= 4 is 40.8 Å². The summed E-state index contributed by atoms with van der Waals surface area (Å²) in [6.45, 7) is 7.04. The zero-order valence-corrected chi connectivity index (χ0v) is 13.8. The molecular weight excluding hydrogens is 317 g/mol. The molecule has 0 atom stereocenters. The van der Waals surface area contributed by atoms with Crippen molar-refractivity contribution in [2.24, 2.45) is 5.92 Å². The summed E-state index contributed by atoms with van der Waals surface area (Å²) in [7, 11) is 0. The Bertz CT molecular complexity index is 620. The van der Waals surface area contributed by atoms with E-state index < -0.39 is 0 Å². The number of hydrogen-bond donors (Lipinski definition) is 1. The van der Waals surface area contributed by atoms with Gasteiger partial charge in [0.15, 0.2) is 0 Å². The summed E-state index contributed by atoms with van der Waals surface area (Å²) < 4.78 is 1.89. The van der Waals surface area contributed by atoms with Gasteiger partial charge in [0.05, 0.1) is 26.4 Å². The SMILES string of the molecule is Cc1cn(-c2cc(Cl)c(Cl)cc2Cl)c(NCC(C)C)n1. The first-order chi connectivity index (χ1) is 9.38. The molecule has 0 amide bonds. The highest BCUT2D eigenvalue weighted by Gasteiger charge is 2.13. The molecule has 0 saturated carbocycles. The van der Waals surface area contributed by atoms with Crippen LogP contribution in [0.4, 0.5) is 5.95 Å². The van der Waals surface area contributed by atoms with E-state index in [1.807, 2.05) is 17.7 Å². The number of aryl methyl sites for hydroxylation is 1. The molecule has 2 aromatic rings. The average molecular weight is 333 g/mol. The summed E-state index contributed by atoms with van der Waals surface area (Å²) in [6, 6.07) is 3.39. The van der Waals surface area contributed by atoms with Crippen LogP contribution in [0, 0.1) is 12.8 Å². The van der Waals surface area contributed by atoms with Crippen molar-refractivity contribution in [2.75, 3.05) is 11.9 Å². The van der Waals surface area contributed by atoms with Gasteiger partial charge in [-0.25, -0.2) is 4.98 Å². The summed E-state index contributed by atoms with van der Waals surface area (Å²) in [5.41, 5.74) is 1.66. The van der Waals surface area contributed by atoms with Gasteiger partial charge in [0, 0.05) is 12.7 Å². The number of nitrogens with zero attached hydrogens (tertiary/aromatic N) is 2. The van der Waals surface area contributed by atoms with Gasteiger partial charge in [-0.3, -0.25) is 4.57 Å². The van der Waals surface area contributed by atoms with Gasteiger partial charge in [-0.2, -0.15) is 0 Å². The Hall–Kier alpha value is -0.900. The highest BCUT2D eigenvalue weighted by Crippen LogP contribution is 2.32. The largest absolute Gasteiger partial charge is 0.355 e. The molecule has 0 aliphatic rings. The monoisotopic (exact) mass is 331 g/mol. The van der Waals surface area contributed by atoms with Crippen molar-refractivity contribution in [3.05, 3.63) is 39.1 Å². The molecule has 3 nitrogen and oxygen atoms in total. The Morgan fingerprint density at radius 3 is 2.45 bits per heavy atom. The van der Waals surface area contributed by atoms with E-state index in [0.29, 0.717) is 21.0 Å². The highest BCUT2D eigenvalue weighted by atomic mass is 35.5. The maximum atomic E-state index is 6.26. The van der Waals surface area contributed by atoms with Crippen LogP contribution >= 0.6 is 34.8 Å². The Morgan fingerprint density at radius 1 is 1.15 bits per heavy atom. The van der Waals surface area contributed by atoms with Crippen LogP contribution in [0.2, 0.25) is 15.1 Å². The van der Waals surface area contributed by atoms with Crippen LogP contribution in [0.3, 0.4) is 0 Å².